The van der Waals surface area contributed by atoms with Crippen molar-refractivity contribution in [3.63, 3.8) is 0 Å². The largest absolute Gasteiger partial charge is 0.383 e. The molecule has 3 atom stereocenters. The summed E-state index contributed by atoms with van der Waals surface area (Å²) < 4.78 is 7.89. The maximum Gasteiger partial charge on any atom is 0.110 e. The van der Waals surface area contributed by atoms with Crippen LogP contribution in [0, 0.1) is 11.8 Å². The van der Waals surface area contributed by atoms with Gasteiger partial charge in [0.1, 0.15) is 5.60 Å². The summed E-state index contributed by atoms with van der Waals surface area (Å²) in [6.45, 7) is 5.66. The van der Waals surface area contributed by atoms with Crippen molar-refractivity contribution in [1.29, 1.82) is 0 Å². The summed E-state index contributed by atoms with van der Waals surface area (Å²) in [5.74, 6) is 0.926. The SMILES string of the molecule is COCCn1ncc(Br)c1C1(O)CCC(C)CC1C. The molecule has 1 aliphatic rings. The number of methoxy groups -OCH3 is 1. The standard InChI is InChI=1S/C14H23BrN2O2/c1-10-4-5-14(18,11(2)8-10)13-12(15)9-16-17(13)6-7-19-3/h9-11,18H,4-8H2,1-3H3. The van der Waals surface area contributed by atoms with Crippen LogP contribution in [0.15, 0.2) is 10.7 Å². The van der Waals surface area contributed by atoms with Gasteiger partial charge < -0.3 is 9.84 Å². The monoisotopic (exact) mass is 330 g/mol. The Morgan fingerprint density at radius 3 is 2.95 bits per heavy atom. The van der Waals surface area contributed by atoms with E-state index < -0.39 is 5.60 Å². The van der Waals surface area contributed by atoms with Gasteiger partial charge in [-0.2, -0.15) is 5.10 Å². The zero-order chi connectivity index (χ0) is 14.0. The summed E-state index contributed by atoms with van der Waals surface area (Å²) in [6, 6.07) is 0. The number of aliphatic hydroxyl groups is 1. The van der Waals surface area contributed by atoms with Crippen LogP contribution in [0.2, 0.25) is 0 Å². The minimum Gasteiger partial charge on any atom is -0.383 e. The average molecular weight is 331 g/mol. The van der Waals surface area contributed by atoms with E-state index in [0.29, 0.717) is 19.1 Å². The smallest absolute Gasteiger partial charge is 0.110 e. The van der Waals surface area contributed by atoms with Crippen molar-refractivity contribution in [1.82, 2.24) is 9.78 Å². The number of halogens is 1. The van der Waals surface area contributed by atoms with Crippen LogP contribution in [-0.2, 0) is 16.9 Å². The van der Waals surface area contributed by atoms with Crippen LogP contribution in [0.25, 0.3) is 0 Å². The van der Waals surface area contributed by atoms with Crippen molar-refractivity contribution in [2.75, 3.05) is 13.7 Å². The van der Waals surface area contributed by atoms with E-state index in [0.717, 1.165) is 29.4 Å². The Morgan fingerprint density at radius 1 is 1.58 bits per heavy atom. The molecule has 1 N–H and O–H groups in total. The minimum atomic E-state index is -0.782. The van der Waals surface area contributed by atoms with Crippen LogP contribution in [0.1, 0.15) is 38.8 Å². The van der Waals surface area contributed by atoms with Crippen LogP contribution in [-0.4, -0.2) is 28.6 Å². The maximum absolute atomic E-state index is 11.1. The molecule has 108 valence electrons. The summed E-state index contributed by atoms with van der Waals surface area (Å²) in [5.41, 5.74) is 0.124. The molecule has 1 heterocycles. The van der Waals surface area contributed by atoms with Gasteiger partial charge in [0.25, 0.3) is 0 Å². The lowest BCUT2D eigenvalue weighted by atomic mass is 9.70. The second kappa shape index (κ2) is 5.94. The molecule has 1 saturated carbocycles. The van der Waals surface area contributed by atoms with E-state index in [-0.39, 0.29) is 5.92 Å². The number of ether oxygens (including phenoxy) is 1. The van der Waals surface area contributed by atoms with Crippen molar-refractivity contribution < 1.29 is 9.84 Å². The molecule has 1 fully saturated rings. The van der Waals surface area contributed by atoms with Crippen LogP contribution in [0.4, 0.5) is 0 Å². The molecule has 19 heavy (non-hydrogen) atoms. The van der Waals surface area contributed by atoms with Gasteiger partial charge in [-0.25, -0.2) is 0 Å². The van der Waals surface area contributed by atoms with Crippen molar-refractivity contribution in [3.05, 3.63) is 16.4 Å². The molecule has 1 aliphatic carbocycles. The molecule has 0 radical (unpaired) electrons. The summed E-state index contributed by atoms with van der Waals surface area (Å²) in [4.78, 5) is 0. The Bertz CT molecular complexity index is 435. The molecule has 4 nitrogen and oxygen atoms in total. The molecule has 2 rings (SSSR count). The highest BCUT2D eigenvalue weighted by Crippen LogP contribution is 2.45. The lowest BCUT2D eigenvalue weighted by Gasteiger charge is -2.41. The zero-order valence-corrected chi connectivity index (χ0v) is 13.5. The molecule has 1 aromatic rings. The van der Waals surface area contributed by atoms with E-state index in [9.17, 15) is 5.11 Å². The van der Waals surface area contributed by atoms with Crippen molar-refractivity contribution in [2.45, 2.75) is 45.3 Å². The number of hydrogen-bond donors (Lipinski definition) is 1. The molecular formula is C14H23BrN2O2. The van der Waals surface area contributed by atoms with E-state index in [1.165, 1.54) is 0 Å². The Labute approximate surface area is 123 Å². The molecule has 5 heteroatoms. The van der Waals surface area contributed by atoms with Gasteiger partial charge in [-0.15, -0.1) is 0 Å². The molecular weight excluding hydrogens is 308 g/mol. The van der Waals surface area contributed by atoms with Gasteiger partial charge in [0.05, 0.1) is 29.5 Å². The average Bonchev–Trinajstić information content (AvgIpc) is 2.74. The zero-order valence-electron chi connectivity index (χ0n) is 11.9. The summed E-state index contributed by atoms with van der Waals surface area (Å²) in [5, 5.41) is 15.5. The van der Waals surface area contributed by atoms with E-state index in [4.69, 9.17) is 4.74 Å². The fourth-order valence-corrected chi connectivity index (χ4v) is 3.76. The second-order valence-corrected chi connectivity index (χ2v) is 6.62. The number of nitrogens with zero attached hydrogens (tertiary/aromatic N) is 2. The van der Waals surface area contributed by atoms with Gasteiger partial charge in [0.2, 0.25) is 0 Å². The van der Waals surface area contributed by atoms with Gasteiger partial charge in [0.15, 0.2) is 0 Å². The minimum absolute atomic E-state index is 0.241. The third-order valence-electron chi connectivity index (χ3n) is 4.30. The summed E-state index contributed by atoms with van der Waals surface area (Å²) >= 11 is 3.54. The fourth-order valence-electron chi connectivity index (χ4n) is 3.12. The van der Waals surface area contributed by atoms with E-state index in [1.54, 1.807) is 13.3 Å². The molecule has 0 bridgehead atoms. The Hall–Kier alpha value is -0.390. The third-order valence-corrected chi connectivity index (χ3v) is 4.88. The molecule has 0 aliphatic heterocycles. The topological polar surface area (TPSA) is 47.3 Å². The van der Waals surface area contributed by atoms with Crippen LogP contribution in [0.5, 0.6) is 0 Å². The maximum atomic E-state index is 11.1. The highest BCUT2D eigenvalue weighted by molar-refractivity contribution is 9.10. The Balaban J connectivity index is 2.31. The van der Waals surface area contributed by atoms with E-state index >= 15 is 0 Å². The number of hydrogen-bond acceptors (Lipinski definition) is 3. The third kappa shape index (κ3) is 2.88. The first-order valence-electron chi connectivity index (χ1n) is 6.92. The first kappa shape index (κ1) is 15.0. The highest BCUT2D eigenvalue weighted by atomic mass is 79.9. The molecule has 0 amide bonds. The van der Waals surface area contributed by atoms with Crippen LogP contribution >= 0.6 is 15.9 Å². The quantitative estimate of drug-likeness (QED) is 0.923. The molecule has 1 aromatic heterocycles. The lowest BCUT2D eigenvalue weighted by Crippen LogP contribution is -2.41. The van der Waals surface area contributed by atoms with E-state index in [2.05, 4.69) is 34.9 Å². The normalized spacial score (nSPS) is 31.6. The predicted molar refractivity (Wildman–Crippen MR) is 77.9 cm³/mol. The first-order chi connectivity index (χ1) is 8.99. The van der Waals surface area contributed by atoms with Crippen molar-refractivity contribution in [3.8, 4) is 0 Å². The molecule has 0 aromatic carbocycles. The number of rotatable bonds is 4. The van der Waals surface area contributed by atoms with E-state index in [1.807, 2.05) is 4.68 Å². The number of aromatic nitrogens is 2. The van der Waals surface area contributed by atoms with Crippen LogP contribution < -0.4 is 0 Å². The highest BCUT2D eigenvalue weighted by Gasteiger charge is 2.43. The lowest BCUT2D eigenvalue weighted by molar-refractivity contribution is -0.0665. The van der Waals surface area contributed by atoms with Gasteiger partial charge in [0, 0.05) is 7.11 Å². The Morgan fingerprint density at radius 2 is 2.32 bits per heavy atom. The predicted octanol–water partition coefficient (Wildman–Crippen LogP) is 2.94. The summed E-state index contributed by atoms with van der Waals surface area (Å²) in [7, 11) is 1.68. The molecule has 3 unspecified atom stereocenters. The van der Waals surface area contributed by atoms with Gasteiger partial charge in [-0.3, -0.25) is 4.68 Å². The molecule has 0 spiro atoms. The first-order valence-corrected chi connectivity index (χ1v) is 7.71. The van der Waals surface area contributed by atoms with Gasteiger partial charge in [-0.1, -0.05) is 13.8 Å². The van der Waals surface area contributed by atoms with Crippen molar-refractivity contribution >= 4 is 15.9 Å². The fraction of sp³-hybridized carbons (Fsp3) is 0.786. The van der Waals surface area contributed by atoms with Gasteiger partial charge in [-0.05, 0) is 47.0 Å². The van der Waals surface area contributed by atoms with Crippen LogP contribution in [0.3, 0.4) is 0 Å². The Kier molecular flexibility index (Phi) is 4.69. The van der Waals surface area contributed by atoms with Crippen molar-refractivity contribution in [2.24, 2.45) is 11.8 Å². The van der Waals surface area contributed by atoms with Gasteiger partial charge >= 0.3 is 0 Å². The second-order valence-electron chi connectivity index (χ2n) is 5.76. The summed E-state index contributed by atoms with van der Waals surface area (Å²) in [6.07, 6.45) is 4.68. The molecule has 0 saturated heterocycles.